The fourth-order valence-corrected chi connectivity index (χ4v) is 2.39. The third-order valence-electron chi connectivity index (χ3n) is 3.77. The molecule has 0 spiro atoms. The number of halogens is 2. The molecule has 0 bridgehead atoms. The summed E-state index contributed by atoms with van der Waals surface area (Å²) in [7, 11) is 0. The molecular formula is C19H17F2N5O4. The second kappa shape index (κ2) is 9.54. The number of nitrogens with zero attached hydrogens (tertiary/aromatic N) is 4. The van der Waals surface area contributed by atoms with Gasteiger partial charge in [0.1, 0.15) is 5.75 Å². The molecule has 0 unspecified atom stereocenters. The number of rotatable bonds is 8. The average molecular weight is 417 g/mol. The minimum absolute atomic E-state index is 0.0273. The molecule has 0 aliphatic heterocycles. The molecule has 3 aromatic rings. The lowest BCUT2D eigenvalue weighted by atomic mass is 10.1. The molecule has 0 radical (unpaired) electrons. The van der Waals surface area contributed by atoms with Crippen LogP contribution in [0.3, 0.4) is 0 Å². The minimum atomic E-state index is -3.04. The number of hydrogen-bond donors (Lipinski definition) is 1. The Balaban J connectivity index is 1.50. The highest BCUT2D eigenvalue weighted by molar-refractivity contribution is 5.94. The normalized spacial score (nSPS) is 10.7. The number of nitrogens with one attached hydrogen (secondary N) is 1. The smallest absolute Gasteiger partial charge is 0.387 e. The maximum absolute atomic E-state index is 12.4. The number of aromatic nitrogens is 4. The zero-order chi connectivity index (χ0) is 21.5. The lowest BCUT2D eigenvalue weighted by molar-refractivity contribution is -0.148. The Labute approximate surface area is 169 Å². The number of hydrogen-bond acceptors (Lipinski definition) is 7. The molecule has 156 valence electrons. The van der Waals surface area contributed by atoms with Gasteiger partial charge in [0.05, 0.1) is 5.69 Å². The topological polar surface area (TPSA) is 108 Å². The van der Waals surface area contributed by atoms with E-state index < -0.39 is 25.1 Å². The van der Waals surface area contributed by atoms with Crippen LogP contribution >= 0.6 is 0 Å². The van der Waals surface area contributed by atoms with Crippen LogP contribution in [0.4, 0.5) is 14.5 Å². The molecule has 0 atom stereocenters. The zero-order valence-corrected chi connectivity index (χ0v) is 15.8. The monoisotopic (exact) mass is 417 g/mol. The molecule has 9 nitrogen and oxygen atoms in total. The molecule has 0 aliphatic carbocycles. The third kappa shape index (κ3) is 5.80. The van der Waals surface area contributed by atoms with E-state index in [1.54, 1.807) is 0 Å². The molecule has 2 aromatic carbocycles. The van der Waals surface area contributed by atoms with Gasteiger partial charge in [-0.1, -0.05) is 42.0 Å². The van der Waals surface area contributed by atoms with Gasteiger partial charge in [-0.05, 0) is 24.3 Å². The quantitative estimate of drug-likeness (QED) is 0.561. The Kier molecular flexibility index (Phi) is 6.63. The Morgan fingerprint density at radius 3 is 2.60 bits per heavy atom. The number of anilines is 1. The molecule has 0 aliphatic rings. The summed E-state index contributed by atoms with van der Waals surface area (Å²) in [4.78, 5) is 24.9. The Hall–Kier alpha value is -3.89. The lowest BCUT2D eigenvalue weighted by Gasteiger charge is -2.11. The van der Waals surface area contributed by atoms with Crippen molar-refractivity contribution in [1.82, 2.24) is 20.2 Å². The van der Waals surface area contributed by atoms with E-state index in [0.29, 0.717) is 5.82 Å². The average Bonchev–Trinajstić information content (AvgIpc) is 3.16. The molecule has 3 rings (SSSR count). The summed E-state index contributed by atoms with van der Waals surface area (Å²) in [5, 5.41) is 14.1. The van der Waals surface area contributed by atoms with E-state index >= 15 is 0 Å². The first kappa shape index (κ1) is 20.8. The fourth-order valence-electron chi connectivity index (χ4n) is 2.39. The van der Waals surface area contributed by atoms with E-state index in [0.717, 1.165) is 15.9 Å². The van der Waals surface area contributed by atoms with Crippen LogP contribution in [-0.2, 0) is 20.9 Å². The summed E-state index contributed by atoms with van der Waals surface area (Å²) < 4.78 is 34.0. The summed E-state index contributed by atoms with van der Waals surface area (Å²) in [6.07, 6.45) is 0. The summed E-state index contributed by atoms with van der Waals surface area (Å²) in [5.41, 5.74) is 1.85. The zero-order valence-electron chi connectivity index (χ0n) is 15.8. The maximum Gasteiger partial charge on any atom is 0.387 e. The first-order valence-corrected chi connectivity index (χ1v) is 8.75. The Bertz CT molecular complexity index is 1020. The van der Waals surface area contributed by atoms with Crippen LogP contribution in [0.1, 0.15) is 5.56 Å². The minimum Gasteiger partial charge on any atom is -0.454 e. The number of carbonyl (C=O) groups excluding carboxylic acids is 2. The van der Waals surface area contributed by atoms with E-state index in [9.17, 15) is 18.4 Å². The van der Waals surface area contributed by atoms with Crippen LogP contribution in [-0.4, -0.2) is 45.3 Å². The summed E-state index contributed by atoms with van der Waals surface area (Å²) in [6, 6.07) is 13.1. The summed E-state index contributed by atoms with van der Waals surface area (Å²) in [6.45, 7) is -2.07. The number of ether oxygens (including phenoxy) is 2. The van der Waals surface area contributed by atoms with Crippen molar-refractivity contribution in [2.45, 2.75) is 20.1 Å². The predicted molar refractivity (Wildman–Crippen MR) is 101 cm³/mol. The van der Waals surface area contributed by atoms with Gasteiger partial charge in [-0.25, -0.2) is 4.79 Å². The Morgan fingerprint density at radius 2 is 1.87 bits per heavy atom. The third-order valence-corrected chi connectivity index (χ3v) is 3.77. The van der Waals surface area contributed by atoms with Crippen LogP contribution in [0, 0.1) is 6.92 Å². The van der Waals surface area contributed by atoms with Gasteiger partial charge in [-0.3, -0.25) is 4.79 Å². The number of esters is 1. The summed E-state index contributed by atoms with van der Waals surface area (Å²) >= 11 is 0. The lowest BCUT2D eigenvalue weighted by Crippen LogP contribution is -2.24. The fraction of sp³-hybridized carbons (Fsp3) is 0.211. The molecule has 1 amide bonds. The van der Waals surface area contributed by atoms with Gasteiger partial charge in [0.15, 0.2) is 13.2 Å². The second-order valence-corrected chi connectivity index (χ2v) is 6.09. The van der Waals surface area contributed by atoms with Crippen LogP contribution in [0.25, 0.3) is 11.4 Å². The van der Waals surface area contributed by atoms with Crippen molar-refractivity contribution >= 4 is 17.6 Å². The number of alkyl halides is 2. The molecule has 30 heavy (non-hydrogen) atoms. The van der Waals surface area contributed by atoms with Gasteiger partial charge in [-0.15, -0.1) is 10.2 Å². The molecule has 11 heteroatoms. The largest absolute Gasteiger partial charge is 0.454 e. The van der Waals surface area contributed by atoms with E-state index in [2.05, 4.69) is 25.5 Å². The number of para-hydroxylation sites is 2. The van der Waals surface area contributed by atoms with E-state index in [4.69, 9.17) is 4.74 Å². The van der Waals surface area contributed by atoms with Crippen molar-refractivity contribution in [1.29, 1.82) is 0 Å². The van der Waals surface area contributed by atoms with E-state index in [1.807, 2.05) is 31.2 Å². The van der Waals surface area contributed by atoms with Crippen molar-refractivity contribution in [3.8, 4) is 17.1 Å². The molecular weight excluding hydrogens is 400 g/mol. The molecule has 0 saturated carbocycles. The molecule has 0 fully saturated rings. The van der Waals surface area contributed by atoms with Crippen molar-refractivity contribution in [3.63, 3.8) is 0 Å². The number of tetrazole rings is 1. The molecule has 1 aromatic heterocycles. The molecule has 1 heterocycles. The van der Waals surface area contributed by atoms with Crippen LogP contribution in [0.5, 0.6) is 5.75 Å². The van der Waals surface area contributed by atoms with Gasteiger partial charge in [0.2, 0.25) is 5.82 Å². The number of carbonyl (C=O) groups is 2. The number of aryl methyl sites for hydroxylation is 1. The number of amides is 1. The van der Waals surface area contributed by atoms with E-state index in [1.165, 1.54) is 24.3 Å². The van der Waals surface area contributed by atoms with Gasteiger partial charge < -0.3 is 14.8 Å². The SMILES string of the molecule is Cc1ccc(-c2nnn(CC(=O)OCC(=O)Nc3ccccc3OC(F)F)n2)cc1. The summed E-state index contributed by atoms with van der Waals surface area (Å²) in [5.74, 6) is -1.35. The predicted octanol–water partition coefficient (Wildman–Crippen LogP) is 2.43. The standard InChI is InChI=1S/C19H17F2N5O4/c1-12-6-8-13(9-7-12)18-23-25-26(24-18)10-17(28)29-11-16(27)22-14-4-2-3-5-15(14)30-19(20)21/h2-9,19H,10-11H2,1H3,(H,22,27). The van der Waals surface area contributed by atoms with E-state index in [-0.39, 0.29) is 18.0 Å². The van der Waals surface area contributed by atoms with Gasteiger partial charge in [-0.2, -0.15) is 13.6 Å². The second-order valence-electron chi connectivity index (χ2n) is 6.09. The molecule has 1 N–H and O–H groups in total. The van der Waals surface area contributed by atoms with Crippen molar-refractivity contribution in [2.24, 2.45) is 0 Å². The highest BCUT2D eigenvalue weighted by atomic mass is 19.3. The Morgan fingerprint density at radius 1 is 1.13 bits per heavy atom. The van der Waals surface area contributed by atoms with Crippen molar-refractivity contribution < 1.29 is 27.8 Å². The highest BCUT2D eigenvalue weighted by Gasteiger charge is 2.14. The van der Waals surface area contributed by atoms with Crippen LogP contribution in [0.15, 0.2) is 48.5 Å². The van der Waals surface area contributed by atoms with Gasteiger partial charge >= 0.3 is 12.6 Å². The molecule has 0 saturated heterocycles. The van der Waals surface area contributed by atoms with Crippen LogP contribution < -0.4 is 10.1 Å². The van der Waals surface area contributed by atoms with Crippen molar-refractivity contribution in [2.75, 3.05) is 11.9 Å². The number of benzene rings is 2. The first-order chi connectivity index (χ1) is 14.4. The van der Waals surface area contributed by atoms with Gasteiger partial charge in [0.25, 0.3) is 5.91 Å². The van der Waals surface area contributed by atoms with Gasteiger partial charge in [0, 0.05) is 5.56 Å². The van der Waals surface area contributed by atoms with Crippen LogP contribution in [0.2, 0.25) is 0 Å². The highest BCUT2D eigenvalue weighted by Crippen LogP contribution is 2.25. The first-order valence-electron chi connectivity index (χ1n) is 8.75. The van der Waals surface area contributed by atoms with Crippen molar-refractivity contribution in [3.05, 3.63) is 54.1 Å². The maximum atomic E-state index is 12.4.